The Hall–Kier alpha value is -3.85. The molecule has 1 N–H and O–H groups in total. The summed E-state index contributed by atoms with van der Waals surface area (Å²) in [6.07, 6.45) is 0.778. The lowest BCUT2D eigenvalue weighted by Crippen LogP contribution is -2.10. The molecule has 0 radical (unpaired) electrons. The Balaban J connectivity index is 1.72. The zero-order valence-electron chi connectivity index (χ0n) is 18.8. The van der Waals surface area contributed by atoms with Crippen LogP contribution in [-0.4, -0.2) is 39.2 Å². The smallest absolute Gasteiger partial charge is 0.341 e. The number of hydrogen-bond acceptors (Lipinski definition) is 8. The van der Waals surface area contributed by atoms with E-state index < -0.39 is 12.6 Å². The quantitative estimate of drug-likeness (QED) is 0.324. The number of halogens is 1. The van der Waals surface area contributed by atoms with Gasteiger partial charge in [-0.25, -0.2) is 9.78 Å². The molecule has 9 nitrogen and oxygen atoms in total. The molecule has 0 unspecified atom stereocenters. The van der Waals surface area contributed by atoms with E-state index in [1.807, 2.05) is 20.8 Å². The molecule has 0 saturated carbocycles. The molecule has 0 aliphatic heterocycles. The molecule has 0 fully saturated rings. The third-order valence-corrected chi connectivity index (χ3v) is 4.97. The lowest BCUT2D eigenvalue weighted by atomic mass is 10.1. The van der Waals surface area contributed by atoms with Gasteiger partial charge in [0.2, 0.25) is 5.89 Å². The summed E-state index contributed by atoms with van der Waals surface area (Å²) in [6, 6.07) is 10.5. The largest absolute Gasteiger partial charge is 0.481 e. The SMILES string of the molecule is CCCOc1nc(Oc2ccc(Cl)cc2)nc2oc(-c3cc(C)c(OCC(=O)O)c(C)c3)nc12. The fourth-order valence-corrected chi connectivity index (χ4v) is 3.42. The van der Waals surface area contributed by atoms with Crippen molar-refractivity contribution in [3.63, 3.8) is 0 Å². The van der Waals surface area contributed by atoms with Gasteiger partial charge < -0.3 is 23.7 Å². The number of oxazole rings is 1. The number of carbonyl (C=O) groups is 1. The second kappa shape index (κ2) is 9.96. The van der Waals surface area contributed by atoms with E-state index in [0.29, 0.717) is 40.1 Å². The van der Waals surface area contributed by atoms with Gasteiger partial charge in [-0.1, -0.05) is 18.5 Å². The summed E-state index contributed by atoms with van der Waals surface area (Å²) >= 11 is 5.94. The first kappa shape index (κ1) is 23.3. The van der Waals surface area contributed by atoms with E-state index in [9.17, 15) is 4.79 Å². The summed E-state index contributed by atoms with van der Waals surface area (Å²) in [4.78, 5) is 24.1. The van der Waals surface area contributed by atoms with E-state index in [0.717, 1.165) is 17.5 Å². The van der Waals surface area contributed by atoms with Crippen molar-refractivity contribution in [2.24, 2.45) is 0 Å². The summed E-state index contributed by atoms with van der Waals surface area (Å²) in [5.41, 5.74) is 2.75. The molecule has 4 rings (SSSR count). The lowest BCUT2D eigenvalue weighted by molar-refractivity contribution is -0.139. The van der Waals surface area contributed by atoms with E-state index >= 15 is 0 Å². The average Bonchev–Trinajstić information content (AvgIpc) is 3.22. The first-order valence-corrected chi connectivity index (χ1v) is 10.9. The van der Waals surface area contributed by atoms with Crippen LogP contribution >= 0.6 is 11.6 Å². The van der Waals surface area contributed by atoms with Gasteiger partial charge in [-0.05, 0) is 67.8 Å². The molecule has 0 bridgehead atoms. The topological polar surface area (TPSA) is 117 Å². The van der Waals surface area contributed by atoms with Crippen molar-refractivity contribution in [3.05, 3.63) is 52.5 Å². The van der Waals surface area contributed by atoms with Gasteiger partial charge in [0.1, 0.15) is 11.5 Å². The minimum Gasteiger partial charge on any atom is -0.481 e. The molecule has 2 aromatic heterocycles. The third kappa shape index (κ3) is 5.20. The number of ether oxygens (including phenoxy) is 3. The van der Waals surface area contributed by atoms with Crippen molar-refractivity contribution in [1.82, 2.24) is 15.0 Å². The Bertz CT molecular complexity index is 1310. The van der Waals surface area contributed by atoms with Crippen LogP contribution in [0.15, 0.2) is 40.8 Å². The molecular weight excluding hydrogens is 462 g/mol. The van der Waals surface area contributed by atoms with Gasteiger partial charge >= 0.3 is 12.0 Å². The summed E-state index contributed by atoms with van der Waals surface area (Å²) in [6.45, 7) is 5.64. The Morgan fingerprint density at radius 2 is 1.76 bits per heavy atom. The van der Waals surface area contributed by atoms with Gasteiger partial charge in [0, 0.05) is 10.6 Å². The molecule has 0 atom stereocenters. The molecular formula is C24H22ClN3O6. The number of aromatic nitrogens is 3. The molecule has 2 heterocycles. The first-order valence-electron chi connectivity index (χ1n) is 10.5. The summed E-state index contributed by atoms with van der Waals surface area (Å²) in [5, 5.41) is 9.48. The normalized spacial score (nSPS) is 10.9. The Kier molecular flexibility index (Phi) is 6.83. The molecule has 0 amide bonds. The van der Waals surface area contributed by atoms with Crippen molar-refractivity contribution >= 4 is 28.8 Å². The van der Waals surface area contributed by atoms with Crippen LogP contribution in [0.3, 0.4) is 0 Å². The van der Waals surface area contributed by atoms with Crippen molar-refractivity contribution in [3.8, 4) is 34.8 Å². The predicted octanol–water partition coefficient (Wildman–Crippen LogP) is 5.60. The first-order chi connectivity index (χ1) is 16.3. The minimum atomic E-state index is -1.04. The van der Waals surface area contributed by atoms with Gasteiger partial charge in [-0.2, -0.15) is 9.97 Å². The van der Waals surface area contributed by atoms with Gasteiger partial charge in [0.25, 0.3) is 11.6 Å². The molecule has 2 aromatic carbocycles. The number of carboxylic acids is 1. The van der Waals surface area contributed by atoms with Crippen molar-refractivity contribution in [1.29, 1.82) is 0 Å². The standard InChI is InChI=1S/C24H22ClN3O6/c1-4-9-31-22-19-23(28-24(27-22)33-17-7-5-16(25)6-8-17)34-21(26-19)15-10-13(2)20(14(3)11-15)32-12-18(29)30/h5-8,10-11H,4,9,12H2,1-3H3,(H,29,30). The molecule has 0 spiro atoms. The highest BCUT2D eigenvalue weighted by Gasteiger charge is 2.20. The molecule has 0 aliphatic carbocycles. The number of aryl methyl sites for hydroxylation is 2. The lowest BCUT2D eigenvalue weighted by Gasteiger charge is -2.11. The van der Waals surface area contributed by atoms with Gasteiger partial charge in [0.15, 0.2) is 12.1 Å². The molecule has 34 heavy (non-hydrogen) atoms. The van der Waals surface area contributed by atoms with Crippen LogP contribution < -0.4 is 14.2 Å². The highest BCUT2D eigenvalue weighted by atomic mass is 35.5. The van der Waals surface area contributed by atoms with E-state index in [2.05, 4.69) is 15.0 Å². The average molecular weight is 484 g/mol. The van der Waals surface area contributed by atoms with Crippen LogP contribution in [0.25, 0.3) is 22.7 Å². The predicted molar refractivity (Wildman–Crippen MR) is 125 cm³/mol. The number of hydrogen-bond donors (Lipinski definition) is 1. The number of fused-ring (bicyclic) bond motifs is 1. The van der Waals surface area contributed by atoms with Crippen LogP contribution in [0, 0.1) is 13.8 Å². The zero-order valence-corrected chi connectivity index (χ0v) is 19.5. The third-order valence-electron chi connectivity index (χ3n) is 4.72. The summed E-state index contributed by atoms with van der Waals surface area (Å²) < 4.78 is 22.9. The summed E-state index contributed by atoms with van der Waals surface area (Å²) in [5.74, 6) is 0.531. The maximum Gasteiger partial charge on any atom is 0.341 e. The Morgan fingerprint density at radius 3 is 2.41 bits per heavy atom. The van der Waals surface area contributed by atoms with E-state index in [4.69, 9.17) is 35.3 Å². The highest BCUT2D eigenvalue weighted by molar-refractivity contribution is 6.30. The molecule has 0 aliphatic rings. The number of nitrogens with zero attached hydrogens (tertiary/aromatic N) is 3. The summed E-state index contributed by atoms with van der Waals surface area (Å²) in [7, 11) is 0. The van der Waals surface area contributed by atoms with Crippen LogP contribution in [0.1, 0.15) is 24.5 Å². The maximum atomic E-state index is 10.9. The molecule has 10 heteroatoms. The molecule has 4 aromatic rings. The van der Waals surface area contributed by atoms with E-state index in [-0.39, 0.29) is 17.6 Å². The number of aliphatic carboxylic acids is 1. The monoisotopic (exact) mass is 483 g/mol. The van der Waals surface area contributed by atoms with Crippen LogP contribution in [0.5, 0.6) is 23.4 Å². The van der Waals surface area contributed by atoms with Gasteiger partial charge in [0.05, 0.1) is 6.61 Å². The number of carboxylic acid groups (broad SMARTS) is 1. The van der Waals surface area contributed by atoms with Crippen LogP contribution in [-0.2, 0) is 4.79 Å². The number of rotatable bonds is 9. The molecule has 0 saturated heterocycles. The second-order valence-electron chi connectivity index (χ2n) is 7.51. The van der Waals surface area contributed by atoms with E-state index in [1.54, 1.807) is 36.4 Å². The van der Waals surface area contributed by atoms with E-state index in [1.165, 1.54) is 0 Å². The number of benzene rings is 2. The fourth-order valence-electron chi connectivity index (χ4n) is 3.29. The molecule has 176 valence electrons. The Labute approximate surface area is 200 Å². The second-order valence-corrected chi connectivity index (χ2v) is 7.95. The minimum absolute atomic E-state index is 0.0494. The van der Waals surface area contributed by atoms with Crippen LogP contribution in [0.2, 0.25) is 5.02 Å². The van der Waals surface area contributed by atoms with Crippen molar-refractivity contribution < 1.29 is 28.5 Å². The highest BCUT2D eigenvalue weighted by Crippen LogP contribution is 2.34. The Morgan fingerprint density at radius 1 is 1.06 bits per heavy atom. The van der Waals surface area contributed by atoms with Crippen LogP contribution in [0.4, 0.5) is 0 Å². The fraction of sp³-hybridized carbons (Fsp3) is 0.250. The van der Waals surface area contributed by atoms with Gasteiger partial charge in [-0.3, -0.25) is 0 Å². The zero-order chi connectivity index (χ0) is 24.2. The maximum absolute atomic E-state index is 10.9. The van der Waals surface area contributed by atoms with Crippen molar-refractivity contribution in [2.75, 3.05) is 13.2 Å². The van der Waals surface area contributed by atoms with Crippen molar-refractivity contribution in [2.45, 2.75) is 27.2 Å². The van der Waals surface area contributed by atoms with Gasteiger partial charge in [-0.15, -0.1) is 0 Å².